The number of hydrogen-bond donors (Lipinski definition) is 1. The van der Waals surface area contributed by atoms with Gasteiger partial charge in [0.25, 0.3) is 0 Å². The van der Waals surface area contributed by atoms with Gasteiger partial charge in [-0.25, -0.2) is 4.79 Å². The van der Waals surface area contributed by atoms with E-state index in [0.717, 1.165) is 32.1 Å². The molecule has 0 unspecified atom stereocenters. The summed E-state index contributed by atoms with van der Waals surface area (Å²) >= 11 is 0. The van der Waals surface area contributed by atoms with Gasteiger partial charge in [0.15, 0.2) is 0 Å². The van der Waals surface area contributed by atoms with Crippen molar-refractivity contribution in [3.8, 4) is 0 Å². The van der Waals surface area contributed by atoms with Crippen molar-refractivity contribution in [1.29, 1.82) is 0 Å². The summed E-state index contributed by atoms with van der Waals surface area (Å²) in [6.07, 6.45) is 6.97. The Kier molecular flexibility index (Phi) is 5.85. The zero-order valence-electron chi connectivity index (χ0n) is 14.1. The maximum absolute atomic E-state index is 12.5. The van der Waals surface area contributed by atoms with Crippen molar-refractivity contribution in [2.45, 2.75) is 64.4 Å². The number of aliphatic hydroxyl groups excluding tert-OH is 1. The fraction of sp³-hybridized carbons (Fsp3) is 0.667. The Hall–Kier alpha value is -1.78. The van der Waals surface area contributed by atoms with E-state index in [1.165, 1.54) is 0 Å². The molecule has 23 heavy (non-hydrogen) atoms. The number of carbonyl (C=O) groups excluding carboxylic acids is 1. The molecule has 2 aliphatic rings. The zero-order valence-corrected chi connectivity index (χ0v) is 14.1. The molecule has 5 heteroatoms. The van der Waals surface area contributed by atoms with Crippen LogP contribution in [0.4, 0.5) is 0 Å². The second-order valence-corrected chi connectivity index (χ2v) is 6.63. The van der Waals surface area contributed by atoms with Crippen molar-refractivity contribution in [2.75, 3.05) is 6.61 Å². The molecular formula is C18H27NO4. The molecule has 1 fully saturated rings. The molecule has 0 radical (unpaired) electrons. The second-order valence-electron chi connectivity index (χ2n) is 6.63. The molecule has 1 heterocycles. The first kappa shape index (κ1) is 17.6. The summed E-state index contributed by atoms with van der Waals surface area (Å²) in [5.74, 6) is 0.263. The van der Waals surface area contributed by atoms with E-state index in [-0.39, 0.29) is 17.9 Å². The molecule has 1 aliphatic heterocycles. The van der Waals surface area contributed by atoms with E-state index in [1.807, 2.05) is 6.92 Å². The number of esters is 1. The van der Waals surface area contributed by atoms with Gasteiger partial charge >= 0.3 is 5.97 Å². The smallest absolute Gasteiger partial charge is 0.344 e. The first-order valence-corrected chi connectivity index (χ1v) is 8.47. The van der Waals surface area contributed by atoms with Gasteiger partial charge in [-0.05, 0) is 38.0 Å². The van der Waals surface area contributed by atoms with Crippen LogP contribution in [-0.2, 0) is 14.4 Å². The van der Waals surface area contributed by atoms with E-state index in [4.69, 9.17) is 9.57 Å². The minimum absolute atomic E-state index is 0.0882. The van der Waals surface area contributed by atoms with Crippen molar-refractivity contribution in [3.05, 3.63) is 24.0 Å². The third-order valence-electron chi connectivity index (χ3n) is 4.62. The summed E-state index contributed by atoms with van der Waals surface area (Å²) in [6.45, 7) is 8.02. The van der Waals surface area contributed by atoms with Gasteiger partial charge in [0, 0.05) is 6.42 Å². The van der Waals surface area contributed by atoms with Crippen LogP contribution in [0.1, 0.15) is 58.8 Å². The van der Waals surface area contributed by atoms with Gasteiger partial charge < -0.3 is 14.7 Å². The Morgan fingerprint density at radius 3 is 2.78 bits per heavy atom. The Labute approximate surface area is 138 Å². The molecule has 0 amide bonds. The van der Waals surface area contributed by atoms with Crippen LogP contribution in [0.3, 0.4) is 0 Å². The molecule has 128 valence electrons. The van der Waals surface area contributed by atoms with Crippen LogP contribution in [0.2, 0.25) is 0 Å². The molecule has 0 aromatic heterocycles. The molecular weight excluding hydrogens is 294 g/mol. The summed E-state index contributed by atoms with van der Waals surface area (Å²) in [4.78, 5) is 17.6. The molecule has 5 nitrogen and oxygen atoms in total. The van der Waals surface area contributed by atoms with E-state index < -0.39 is 11.6 Å². The maximum atomic E-state index is 12.5. The van der Waals surface area contributed by atoms with Crippen molar-refractivity contribution in [1.82, 2.24) is 0 Å². The topological polar surface area (TPSA) is 68.1 Å². The zero-order chi connectivity index (χ0) is 16.9. The van der Waals surface area contributed by atoms with Gasteiger partial charge in [-0.1, -0.05) is 38.1 Å². The van der Waals surface area contributed by atoms with Crippen molar-refractivity contribution >= 4 is 11.7 Å². The Bertz CT molecular complexity index is 513. The second kappa shape index (κ2) is 7.66. The monoisotopic (exact) mass is 321 g/mol. The highest BCUT2D eigenvalue weighted by molar-refractivity contribution is 6.20. The molecule has 1 spiro atoms. The number of oxime groups is 1. The lowest BCUT2D eigenvalue weighted by molar-refractivity contribution is -0.162. The Balaban J connectivity index is 2.22. The van der Waals surface area contributed by atoms with Crippen molar-refractivity contribution < 1.29 is 19.5 Å². The molecule has 0 atom stereocenters. The lowest BCUT2D eigenvalue weighted by Gasteiger charge is -2.41. The van der Waals surface area contributed by atoms with Crippen molar-refractivity contribution in [3.63, 3.8) is 0 Å². The molecule has 0 aromatic rings. The maximum Gasteiger partial charge on any atom is 0.344 e. The first-order chi connectivity index (χ1) is 11.0. The molecule has 1 N–H and O–H groups in total. The fourth-order valence-electron chi connectivity index (χ4n) is 3.27. The number of aliphatic hydroxyl groups is 1. The van der Waals surface area contributed by atoms with Gasteiger partial charge in [0.2, 0.25) is 0 Å². The van der Waals surface area contributed by atoms with Gasteiger partial charge in [0.05, 0.1) is 5.71 Å². The highest BCUT2D eigenvalue weighted by Gasteiger charge is 2.44. The van der Waals surface area contributed by atoms with Crippen molar-refractivity contribution in [2.24, 2.45) is 11.1 Å². The Morgan fingerprint density at radius 2 is 2.22 bits per heavy atom. The van der Waals surface area contributed by atoms with Gasteiger partial charge in [-0.3, -0.25) is 0 Å². The van der Waals surface area contributed by atoms with Crippen LogP contribution in [0.5, 0.6) is 0 Å². The lowest BCUT2D eigenvalue weighted by Crippen LogP contribution is -2.44. The summed E-state index contributed by atoms with van der Waals surface area (Å²) < 4.78 is 5.77. The van der Waals surface area contributed by atoms with Crippen LogP contribution in [0.15, 0.2) is 29.1 Å². The first-order valence-electron chi connectivity index (χ1n) is 8.47. The fourth-order valence-corrected chi connectivity index (χ4v) is 3.27. The molecule has 1 saturated carbocycles. The normalized spacial score (nSPS) is 28.7. The predicted molar refractivity (Wildman–Crippen MR) is 89.2 cm³/mol. The minimum atomic E-state index is -0.531. The molecule has 2 rings (SSSR count). The van der Waals surface area contributed by atoms with E-state index in [1.54, 1.807) is 6.08 Å². The van der Waals surface area contributed by atoms with Gasteiger partial charge in [0.1, 0.15) is 23.5 Å². The molecule has 0 aromatic carbocycles. The Morgan fingerprint density at radius 1 is 1.52 bits per heavy atom. The summed E-state index contributed by atoms with van der Waals surface area (Å²) in [7, 11) is 0. The summed E-state index contributed by atoms with van der Waals surface area (Å²) in [6, 6.07) is 0. The third-order valence-corrected chi connectivity index (χ3v) is 4.62. The lowest BCUT2D eigenvalue weighted by atomic mass is 9.75. The average molecular weight is 321 g/mol. The SMILES string of the molecule is C=CCO/N=C(\CCC)C1=C(O)CC2(CCC(C)CC2)OC1=O. The molecule has 0 bridgehead atoms. The standard InChI is InChI=1S/C18H27NO4/c1-4-6-14(19-22-11-5-2)16-15(20)12-18(23-17(16)21)9-7-13(3)8-10-18/h5,13,20H,2,4,6-12H2,1,3H3/b19-14+. The average Bonchev–Trinajstić information content (AvgIpc) is 2.50. The van der Waals surface area contributed by atoms with E-state index in [9.17, 15) is 9.90 Å². The largest absolute Gasteiger partial charge is 0.511 e. The highest BCUT2D eigenvalue weighted by Crippen LogP contribution is 2.42. The van der Waals surface area contributed by atoms with E-state index in [2.05, 4.69) is 18.7 Å². The number of hydrogen-bond acceptors (Lipinski definition) is 5. The predicted octanol–water partition coefficient (Wildman–Crippen LogP) is 4.05. The number of carbonyl (C=O) groups is 1. The number of rotatable bonds is 6. The van der Waals surface area contributed by atoms with Crippen LogP contribution in [0.25, 0.3) is 0 Å². The summed E-state index contributed by atoms with van der Waals surface area (Å²) in [5, 5.41) is 14.5. The van der Waals surface area contributed by atoms with Crippen LogP contribution < -0.4 is 0 Å². The number of ether oxygens (including phenoxy) is 1. The van der Waals surface area contributed by atoms with Crippen LogP contribution in [0, 0.1) is 5.92 Å². The summed E-state index contributed by atoms with van der Waals surface area (Å²) in [5.41, 5.74) is 0.104. The van der Waals surface area contributed by atoms with Crippen LogP contribution in [-0.4, -0.2) is 29.0 Å². The van der Waals surface area contributed by atoms with E-state index in [0.29, 0.717) is 24.5 Å². The van der Waals surface area contributed by atoms with Crippen LogP contribution >= 0.6 is 0 Å². The minimum Gasteiger partial charge on any atom is -0.511 e. The third kappa shape index (κ3) is 4.15. The molecule has 1 aliphatic carbocycles. The number of nitrogens with zero attached hydrogens (tertiary/aromatic N) is 1. The van der Waals surface area contributed by atoms with E-state index >= 15 is 0 Å². The molecule has 0 saturated heterocycles. The van der Waals surface area contributed by atoms with Gasteiger partial charge in [-0.15, -0.1) is 0 Å². The quantitative estimate of drug-likeness (QED) is 0.263. The highest BCUT2D eigenvalue weighted by atomic mass is 16.6. The van der Waals surface area contributed by atoms with Gasteiger partial charge in [-0.2, -0.15) is 0 Å².